The lowest BCUT2D eigenvalue weighted by atomic mass is 10.2. The summed E-state index contributed by atoms with van der Waals surface area (Å²) in [7, 11) is 0. The molecule has 2 nitrogen and oxygen atoms in total. The Labute approximate surface area is 79.2 Å². The van der Waals surface area contributed by atoms with Crippen molar-refractivity contribution in [3.63, 3.8) is 0 Å². The van der Waals surface area contributed by atoms with Gasteiger partial charge in [-0.1, -0.05) is 11.6 Å². The average molecular weight is 208 g/mol. The lowest BCUT2D eigenvalue weighted by Gasteiger charge is -2.08. The van der Waals surface area contributed by atoms with Gasteiger partial charge in [-0.2, -0.15) is 0 Å². The van der Waals surface area contributed by atoms with Crippen LogP contribution in [0.5, 0.6) is 0 Å². The van der Waals surface area contributed by atoms with E-state index >= 15 is 0 Å². The number of pyridine rings is 1. The molecule has 13 heavy (non-hydrogen) atoms. The molecular formula is C8H8ClF2NO. The molecule has 0 unspecified atom stereocenters. The van der Waals surface area contributed by atoms with Gasteiger partial charge >= 0.3 is 0 Å². The van der Waals surface area contributed by atoms with E-state index in [1.165, 1.54) is 6.07 Å². The molecule has 0 aliphatic rings. The van der Waals surface area contributed by atoms with Crippen LogP contribution in [0.2, 0.25) is 5.02 Å². The van der Waals surface area contributed by atoms with E-state index in [0.717, 1.165) is 0 Å². The van der Waals surface area contributed by atoms with Crippen molar-refractivity contribution in [2.75, 3.05) is 0 Å². The zero-order chi connectivity index (χ0) is 10.0. The summed E-state index contributed by atoms with van der Waals surface area (Å²) in [6, 6.07) is 1.44. The molecule has 0 spiro atoms. The number of hydrogen-bond donors (Lipinski definition) is 1. The van der Waals surface area contributed by atoms with Gasteiger partial charge in [0.25, 0.3) is 6.43 Å². The van der Waals surface area contributed by atoms with Crippen molar-refractivity contribution in [2.24, 2.45) is 0 Å². The topological polar surface area (TPSA) is 33.1 Å². The normalized spacial score (nSPS) is 10.9. The van der Waals surface area contributed by atoms with E-state index in [2.05, 4.69) is 4.98 Å². The molecule has 72 valence electrons. The Morgan fingerprint density at radius 2 is 2.23 bits per heavy atom. The van der Waals surface area contributed by atoms with E-state index in [9.17, 15) is 8.78 Å². The molecule has 0 saturated carbocycles. The van der Waals surface area contributed by atoms with Crippen molar-refractivity contribution < 1.29 is 13.9 Å². The van der Waals surface area contributed by atoms with Gasteiger partial charge < -0.3 is 5.11 Å². The number of hydrogen-bond acceptors (Lipinski definition) is 2. The van der Waals surface area contributed by atoms with Gasteiger partial charge in [0.2, 0.25) is 0 Å². The maximum Gasteiger partial charge on any atom is 0.280 e. The number of aryl methyl sites for hydroxylation is 1. The summed E-state index contributed by atoms with van der Waals surface area (Å²) in [5, 5.41) is 8.91. The molecule has 1 heterocycles. The second-order valence-corrected chi connectivity index (χ2v) is 2.98. The van der Waals surface area contributed by atoms with Gasteiger partial charge in [0.05, 0.1) is 6.61 Å². The van der Waals surface area contributed by atoms with Crippen LogP contribution in [0.3, 0.4) is 0 Å². The lowest BCUT2D eigenvalue weighted by molar-refractivity contribution is 0.141. The molecule has 0 amide bonds. The fraction of sp³-hybridized carbons (Fsp3) is 0.375. The summed E-state index contributed by atoms with van der Waals surface area (Å²) in [5.41, 5.74) is -0.0210. The van der Waals surface area contributed by atoms with E-state index < -0.39 is 18.7 Å². The summed E-state index contributed by atoms with van der Waals surface area (Å²) in [6.45, 7) is 1.05. The molecule has 1 N–H and O–H groups in total. The largest absolute Gasteiger partial charge is 0.392 e. The van der Waals surface area contributed by atoms with Crippen LogP contribution >= 0.6 is 11.6 Å². The molecule has 1 rings (SSSR count). The fourth-order valence-corrected chi connectivity index (χ4v) is 1.33. The van der Waals surface area contributed by atoms with Crippen LogP contribution in [0.15, 0.2) is 6.07 Å². The number of aliphatic hydroxyl groups excluding tert-OH is 1. The van der Waals surface area contributed by atoms with Crippen LogP contribution in [0.4, 0.5) is 8.78 Å². The molecule has 0 aliphatic heterocycles. The minimum atomic E-state index is -2.71. The maximum absolute atomic E-state index is 12.3. The Kier molecular flexibility index (Phi) is 3.17. The first-order chi connectivity index (χ1) is 6.06. The fourth-order valence-electron chi connectivity index (χ4n) is 1.02. The third-order valence-corrected chi connectivity index (χ3v) is 1.93. The van der Waals surface area contributed by atoms with Crippen LogP contribution < -0.4 is 0 Å². The Balaban J connectivity index is 3.29. The van der Waals surface area contributed by atoms with Crippen molar-refractivity contribution >= 4 is 11.6 Å². The molecule has 5 heteroatoms. The average Bonchev–Trinajstić information content (AvgIpc) is 2.02. The molecule has 1 aromatic heterocycles. The first-order valence-corrected chi connectivity index (χ1v) is 3.99. The Morgan fingerprint density at radius 3 is 2.69 bits per heavy atom. The third-order valence-electron chi connectivity index (χ3n) is 1.59. The van der Waals surface area contributed by atoms with Gasteiger partial charge in [0.1, 0.15) is 5.69 Å². The Hall–Kier alpha value is -0.740. The Morgan fingerprint density at radius 1 is 1.62 bits per heavy atom. The molecule has 0 fully saturated rings. The zero-order valence-electron chi connectivity index (χ0n) is 6.89. The molecule has 0 atom stereocenters. The van der Waals surface area contributed by atoms with Crippen molar-refractivity contribution in [3.05, 3.63) is 28.0 Å². The van der Waals surface area contributed by atoms with E-state index in [0.29, 0.717) is 5.69 Å². The number of nitrogens with zero attached hydrogens (tertiary/aromatic N) is 1. The van der Waals surface area contributed by atoms with Gasteiger partial charge in [-0.3, -0.25) is 4.98 Å². The highest BCUT2D eigenvalue weighted by Crippen LogP contribution is 2.27. The van der Waals surface area contributed by atoms with Crippen LogP contribution in [-0.2, 0) is 6.61 Å². The van der Waals surface area contributed by atoms with Crippen molar-refractivity contribution in [1.29, 1.82) is 0 Å². The molecule has 0 radical (unpaired) electrons. The molecule has 1 aromatic rings. The third kappa shape index (κ3) is 2.14. The predicted molar refractivity (Wildman–Crippen MR) is 44.9 cm³/mol. The highest BCUT2D eigenvalue weighted by Gasteiger charge is 2.17. The number of alkyl halides is 2. The standard InChI is InChI=1S/C8H8ClF2NO/c1-4-2-6(9)5(3-13)7(12-4)8(10)11/h2,8,13H,3H2,1H3. The first-order valence-electron chi connectivity index (χ1n) is 3.61. The summed E-state index contributed by atoms with van der Waals surface area (Å²) in [4.78, 5) is 3.61. The summed E-state index contributed by atoms with van der Waals surface area (Å²) < 4.78 is 24.7. The summed E-state index contributed by atoms with van der Waals surface area (Å²) in [5.74, 6) is 0. The van der Waals surface area contributed by atoms with Crippen LogP contribution in [0.25, 0.3) is 0 Å². The molecule has 0 aromatic carbocycles. The molecular weight excluding hydrogens is 200 g/mol. The maximum atomic E-state index is 12.3. The minimum Gasteiger partial charge on any atom is -0.392 e. The first kappa shape index (κ1) is 10.3. The molecule has 0 aliphatic carbocycles. The minimum absolute atomic E-state index is 0.00210. The van der Waals surface area contributed by atoms with E-state index in [1.807, 2.05) is 0 Å². The number of aliphatic hydroxyl groups is 1. The van der Waals surface area contributed by atoms with Crippen LogP contribution in [0.1, 0.15) is 23.4 Å². The van der Waals surface area contributed by atoms with Gasteiger partial charge in [-0.25, -0.2) is 8.78 Å². The number of aromatic nitrogens is 1. The molecule has 0 bridgehead atoms. The SMILES string of the molecule is Cc1cc(Cl)c(CO)c(C(F)F)n1. The zero-order valence-corrected chi connectivity index (χ0v) is 7.65. The van der Waals surface area contributed by atoms with Gasteiger partial charge in [-0.15, -0.1) is 0 Å². The van der Waals surface area contributed by atoms with Crippen molar-refractivity contribution in [2.45, 2.75) is 20.0 Å². The van der Waals surface area contributed by atoms with E-state index in [-0.39, 0.29) is 10.6 Å². The van der Waals surface area contributed by atoms with Crippen molar-refractivity contribution in [3.8, 4) is 0 Å². The van der Waals surface area contributed by atoms with E-state index in [4.69, 9.17) is 16.7 Å². The summed E-state index contributed by atoms with van der Waals surface area (Å²) >= 11 is 5.65. The highest BCUT2D eigenvalue weighted by atomic mass is 35.5. The monoisotopic (exact) mass is 207 g/mol. The highest BCUT2D eigenvalue weighted by molar-refractivity contribution is 6.31. The van der Waals surface area contributed by atoms with Crippen molar-refractivity contribution in [1.82, 2.24) is 4.98 Å². The van der Waals surface area contributed by atoms with Crippen LogP contribution in [0, 0.1) is 6.92 Å². The smallest absolute Gasteiger partial charge is 0.280 e. The van der Waals surface area contributed by atoms with Crippen LogP contribution in [-0.4, -0.2) is 10.1 Å². The quantitative estimate of drug-likeness (QED) is 0.808. The Bertz CT molecular complexity index is 317. The second-order valence-electron chi connectivity index (χ2n) is 2.57. The second kappa shape index (κ2) is 3.98. The van der Waals surface area contributed by atoms with Gasteiger partial charge in [0.15, 0.2) is 0 Å². The predicted octanol–water partition coefficient (Wildman–Crippen LogP) is 2.47. The molecule has 0 saturated heterocycles. The summed E-state index contributed by atoms with van der Waals surface area (Å²) in [6.07, 6.45) is -2.71. The van der Waals surface area contributed by atoms with Gasteiger partial charge in [0, 0.05) is 16.3 Å². The number of rotatable bonds is 2. The van der Waals surface area contributed by atoms with Gasteiger partial charge in [-0.05, 0) is 13.0 Å². The van der Waals surface area contributed by atoms with E-state index in [1.54, 1.807) is 6.92 Å². The number of halogens is 3. The lowest BCUT2D eigenvalue weighted by Crippen LogP contribution is -2.01.